The van der Waals surface area contributed by atoms with Crippen molar-refractivity contribution < 1.29 is 13.2 Å². The lowest BCUT2D eigenvalue weighted by Crippen LogP contribution is -2.11. The molecule has 0 unspecified atom stereocenters. The van der Waals surface area contributed by atoms with Crippen LogP contribution in [0.3, 0.4) is 0 Å². The number of aromatic nitrogens is 1. The quantitative estimate of drug-likeness (QED) is 0.878. The summed E-state index contributed by atoms with van der Waals surface area (Å²) in [5.74, 6) is -0.212. The predicted octanol–water partition coefficient (Wildman–Crippen LogP) is 2.86. The van der Waals surface area contributed by atoms with Gasteiger partial charge in [-0.15, -0.1) is 22.7 Å². The van der Waals surface area contributed by atoms with Gasteiger partial charge in [0.15, 0.2) is 10.9 Å². The minimum absolute atomic E-state index is 0.104. The lowest BCUT2D eigenvalue weighted by molar-refractivity contribution is 0.101. The van der Waals surface area contributed by atoms with Gasteiger partial charge < -0.3 is 0 Å². The molecular weight excluding hydrogens is 316 g/mol. The van der Waals surface area contributed by atoms with Gasteiger partial charge in [0.25, 0.3) is 10.0 Å². The van der Waals surface area contributed by atoms with E-state index in [1.807, 2.05) is 0 Å². The lowest BCUT2D eigenvalue weighted by atomic mass is 10.4. The first-order chi connectivity index (χ1) is 8.38. The molecule has 0 aliphatic heterocycles. The Labute approximate surface area is 116 Å². The summed E-state index contributed by atoms with van der Waals surface area (Å²) in [5.41, 5.74) is 0.238. The molecule has 0 saturated carbocycles. The number of carbonyl (C=O) groups is 1. The van der Waals surface area contributed by atoms with Gasteiger partial charge in [0.1, 0.15) is 9.90 Å². The molecule has 0 spiro atoms. The Kier molecular flexibility index (Phi) is 3.71. The molecule has 96 valence electrons. The van der Waals surface area contributed by atoms with E-state index in [-0.39, 0.29) is 20.8 Å². The second kappa shape index (κ2) is 4.96. The second-order valence-corrected chi connectivity index (χ2v) is 7.74. The Morgan fingerprint density at radius 1 is 1.44 bits per heavy atom. The average Bonchev–Trinajstić information content (AvgIpc) is 2.86. The largest absolute Gasteiger partial charge is 0.293 e. The van der Waals surface area contributed by atoms with E-state index in [9.17, 15) is 13.2 Å². The molecule has 0 fully saturated rings. The third kappa shape index (κ3) is 2.89. The van der Waals surface area contributed by atoms with Gasteiger partial charge in [-0.3, -0.25) is 9.52 Å². The molecule has 2 heterocycles. The van der Waals surface area contributed by atoms with Crippen LogP contribution in [-0.4, -0.2) is 19.2 Å². The molecule has 2 aromatic heterocycles. The highest BCUT2D eigenvalue weighted by Crippen LogP contribution is 2.28. The van der Waals surface area contributed by atoms with Crippen LogP contribution in [0.5, 0.6) is 0 Å². The summed E-state index contributed by atoms with van der Waals surface area (Å²) in [6, 6.07) is 2.92. The fraction of sp³-hybridized carbons (Fsp3) is 0.111. The Hall–Kier alpha value is -0.960. The van der Waals surface area contributed by atoms with Crippen LogP contribution in [0.15, 0.2) is 21.7 Å². The molecule has 5 nitrogen and oxygen atoms in total. The standard InChI is InChI=1S/C9H7ClN2O3S3/c1-5(13)6-4-16-9(11-6)12-18(14,15)8-3-2-7(10)17-8/h2-4H,1H3,(H,11,12). The van der Waals surface area contributed by atoms with Crippen LogP contribution in [0.25, 0.3) is 0 Å². The minimum atomic E-state index is -3.68. The Morgan fingerprint density at radius 2 is 2.17 bits per heavy atom. The molecule has 0 amide bonds. The topological polar surface area (TPSA) is 76.1 Å². The highest BCUT2D eigenvalue weighted by atomic mass is 35.5. The van der Waals surface area contributed by atoms with Gasteiger partial charge in [0.2, 0.25) is 0 Å². The molecule has 0 radical (unpaired) electrons. The number of carbonyl (C=O) groups excluding carboxylic acids is 1. The number of sulfonamides is 1. The fourth-order valence-electron chi connectivity index (χ4n) is 1.09. The maximum absolute atomic E-state index is 11.9. The second-order valence-electron chi connectivity index (χ2n) is 3.26. The summed E-state index contributed by atoms with van der Waals surface area (Å²) in [6.45, 7) is 1.37. The number of nitrogens with one attached hydrogen (secondary N) is 1. The molecule has 18 heavy (non-hydrogen) atoms. The molecule has 2 aromatic rings. The van der Waals surface area contributed by atoms with E-state index in [0.717, 1.165) is 22.7 Å². The first-order valence-corrected chi connectivity index (χ1v) is 8.19. The van der Waals surface area contributed by atoms with E-state index in [0.29, 0.717) is 4.34 Å². The summed E-state index contributed by atoms with van der Waals surface area (Å²) >= 11 is 7.69. The van der Waals surface area contributed by atoms with Crippen LogP contribution in [-0.2, 0) is 10.0 Å². The van der Waals surface area contributed by atoms with Crippen molar-refractivity contribution in [1.82, 2.24) is 4.98 Å². The van der Waals surface area contributed by atoms with Crippen LogP contribution in [0, 0.1) is 0 Å². The number of thiophene rings is 1. The zero-order chi connectivity index (χ0) is 13.3. The number of anilines is 1. The zero-order valence-electron chi connectivity index (χ0n) is 9.01. The Bertz CT molecular complexity index is 689. The number of ketones is 1. The smallest absolute Gasteiger partial charge is 0.273 e. The van der Waals surface area contributed by atoms with Crippen molar-refractivity contribution in [3.8, 4) is 0 Å². The van der Waals surface area contributed by atoms with Crippen LogP contribution >= 0.6 is 34.3 Å². The van der Waals surface area contributed by atoms with Gasteiger partial charge in [-0.1, -0.05) is 11.6 Å². The summed E-state index contributed by atoms with van der Waals surface area (Å²) in [6.07, 6.45) is 0. The van der Waals surface area contributed by atoms with E-state index in [2.05, 4.69) is 9.71 Å². The highest BCUT2D eigenvalue weighted by Gasteiger charge is 2.18. The number of nitrogens with zero attached hydrogens (tertiary/aromatic N) is 1. The van der Waals surface area contributed by atoms with Gasteiger partial charge >= 0.3 is 0 Å². The molecule has 2 rings (SSSR count). The van der Waals surface area contributed by atoms with E-state index in [1.54, 1.807) is 0 Å². The molecule has 0 aliphatic rings. The molecule has 0 aromatic carbocycles. The minimum Gasteiger partial charge on any atom is -0.293 e. The molecule has 0 saturated heterocycles. The van der Waals surface area contributed by atoms with Crippen molar-refractivity contribution in [2.75, 3.05) is 4.72 Å². The molecule has 1 N–H and O–H groups in total. The van der Waals surface area contributed by atoms with Crippen LogP contribution in [0.1, 0.15) is 17.4 Å². The number of hydrogen-bond donors (Lipinski definition) is 1. The van der Waals surface area contributed by atoms with Gasteiger partial charge in [-0.25, -0.2) is 13.4 Å². The van der Waals surface area contributed by atoms with Crippen molar-refractivity contribution in [3.63, 3.8) is 0 Å². The summed E-state index contributed by atoms with van der Waals surface area (Å²) < 4.78 is 26.6. The molecule has 0 aliphatic carbocycles. The van der Waals surface area contributed by atoms with Crippen LogP contribution in [0.4, 0.5) is 5.13 Å². The normalized spacial score (nSPS) is 11.4. The van der Waals surface area contributed by atoms with E-state index >= 15 is 0 Å². The fourth-order valence-corrected chi connectivity index (χ4v) is 4.57. The number of rotatable bonds is 4. The lowest BCUT2D eigenvalue weighted by Gasteiger charge is -2.01. The zero-order valence-corrected chi connectivity index (χ0v) is 12.2. The number of hydrogen-bond acceptors (Lipinski definition) is 6. The molecule has 9 heteroatoms. The van der Waals surface area contributed by atoms with Gasteiger partial charge in [-0.05, 0) is 12.1 Å². The molecule has 0 bridgehead atoms. The van der Waals surface area contributed by atoms with Crippen molar-refractivity contribution in [3.05, 3.63) is 27.5 Å². The average molecular weight is 323 g/mol. The van der Waals surface area contributed by atoms with E-state index in [4.69, 9.17) is 11.6 Å². The van der Waals surface area contributed by atoms with E-state index in [1.165, 1.54) is 24.4 Å². The van der Waals surface area contributed by atoms with Gasteiger partial charge in [0.05, 0.1) is 4.34 Å². The first-order valence-electron chi connectivity index (χ1n) is 4.63. The number of Topliss-reactive ketones (excluding diaryl/α,β-unsaturated/α-hetero) is 1. The maximum atomic E-state index is 11.9. The molecular formula is C9H7ClN2O3S3. The Morgan fingerprint density at radius 3 is 2.67 bits per heavy atom. The Balaban J connectivity index is 2.25. The third-order valence-electron chi connectivity index (χ3n) is 1.90. The highest BCUT2D eigenvalue weighted by molar-refractivity contribution is 7.94. The van der Waals surface area contributed by atoms with Crippen LogP contribution in [0.2, 0.25) is 4.34 Å². The van der Waals surface area contributed by atoms with Crippen LogP contribution < -0.4 is 4.72 Å². The van der Waals surface area contributed by atoms with Crippen molar-refractivity contribution >= 4 is 55.2 Å². The monoisotopic (exact) mass is 322 g/mol. The maximum Gasteiger partial charge on any atom is 0.273 e. The number of halogens is 1. The van der Waals surface area contributed by atoms with Gasteiger partial charge in [0, 0.05) is 12.3 Å². The van der Waals surface area contributed by atoms with Crippen molar-refractivity contribution in [2.24, 2.45) is 0 Å². The summed E-state index contributed by atoms with van der Waals surface area (Å²) in [4.78, 5) is 14.9. The predicted molar refractivity (Wildman–Crippen MR) is 72.3 cm³/mol. The SMILES string of the molecule is CC(=O)c1csc(NS(=O)(=O)c2ccc(Cl)s2)n1. The summed E-state index contributed by atoms with van der Waals surface area (Å²) in [7, 11) is -3.68. The van der Waals surface area contributed by atoms with Gasteiger partial charge in [-0.2, -0.15) is 0 Å². The van der Waals surface area contributed by atoms with Crippen molar-refractivity contribution in [1.29, 1.82) is 0 Å². The molecule has 0 atom stereocenters. The number of thiazole rings is 1. The third-order valence-corrected chi connectivity index (χ3v) is 5.85. The summed E-state index contributed by atoms with van der Waals surface area (Å²) in [5, 5.41) is 1.66. The van der Waals surface area contributed by atoms with Crippen molar-refractivity contribution in [2.45, 2.75) is 11.1 Å². The first kappa shape index (κ1) is 13.5. The van der Waals surface area contributed by atoms with E-state index < -0.39 is 10.0 Å².